The largest absolute Gasteiger partial charge is 0.444 e. The van der Waals surface area contributed by atoms with Gasteiger partial charge in [-0.1, -0.05) is 24.3 Å². The summed E-state index contributed by atoms with van der Waals surface area (Å²) in [5, 5.41) is 32.0. The number of nitrogen functional groups attached to an aromatic ring is 1. The summed E-state index contributed by atoms with van der Waals surface area (Å²) in [4.78, 5) is 62.8. The molecule has 0 bridgehead atoms. The molecule has 3 heterocycles. The zero-order valence-electron chi connectivity index (χ0n) is 35.6. The highest BCUT2D eigenvalue weighted by Crippen LogP contribution is 2.30. The molecule has 6 amide bonds. The maximum absolute atomic E-state index is 13.2. The summed E-state index contributed by atoms with van der Waals surface area (Å²) in [7, 11) is 2.09. The average Bonchev–Trinajstić information content (AvgIpc) is 3.69. The van der Waals surface area contributed by atoms with Crippen LogP contribution in [0.25, 0.3) is 11.0 Å². The van der Waals surface area contributed by atoms with E-state index in [0.29, 0.717) is 40.3 Å². The highest BCUT2D eigenvalue weighted by atomic mass is 16.6. The Morgan fingerprint density at radius 3 is 1.89 bits per heavy atom. The molecule has 0 aliphatic carbocycles. The molecule has 0 spiro atoms. The Bertz CT molecular complexity index is 2450. The molecule has 2 saturated heterocycles. The number of rotatable bonds is 7. The summed E-state index contributed by atoms with van der Waals surface area (Å²) in [6.45, 7) is 6.37. The smallest absolute Gasteiger partial charge is 0.410 e. The zero-order valence-corrected chi connectivity index (χ0v) is 35.6. The summed E-state index contributed by atoms with van der Waals surface area (Å²) in [6.07, 6.45) is 1.71. The SMILES string of the molecule is CC(C)(C)OC(=O)N1CC[C@@H](NC(=O)Nc2ccc(C#N)cc2)C[C@@H]1C(=O)Nc1ccccc1N.CN1CC[C@@H](NC(=O)Nc2ccc(C#N)cc2)C[C@@H]1c1nc2ccccc2[nH]1. The number of nitrogens with two attached hydrogens (primary N) is 1. The van der Waals surface area contributed by atoms with E-state index in [2.05, 4.69) is 49.6 Å². The van der Waals surface area contributed by atoms with Crippen LogP contribution in [0.5, 0.6) is 0 Å². The second-order valence-corrected chi connectivity index (χ2v) is 16.4. The van der Waals surface area contributed by atoms with E-state index >= 15 is 0 Å². The number of aromatic amines is 1. The van der Waals surface area contributed by atoms with Crippen molar-refractivity contribution in [2.24, 2.45) is 0 Å². The van der Waals surface area contributed by atoms with Gasteiger partial charge in [-0.15, -0.1) is 0 Å². The van der Waals surface area contributed by atoms with Gasteiger partial charge in [0, 0.05) is 36.5 Å². The number of urea groups is 2. The van der Waals surface area contributed by atoms with Crippen molar-refractivity contribution in [3.63, 3.8) is 0 Å². The molecule has 2 aliphatic heterocycles. The molecule has 17 heteroatoms. The summed E-state index contributed by atoms with van der Waals surface area (Å²) < 4.78 is 5.51. The molecule has 4 aromatic carbocycles. The van der Waals surface area contributed by atoms with Crippen molar-refractivity contribution in [3.05, 3.63) is 114 Å². The minimum absolute atomic E-state index is 0.0628. The highest BCUT2D eigenvalue weighted by Gasteiger charge is 2.39. The lowest BCUT2D eigenvalue weighted by atomic mass is 9.96. The molecule has 8 N–H and O–H groups in total. The van der Waals surface area contributed by atoms with E-state index in [9.17, 15) is 19.2 Å². The first-order chi connectivity index (χ1) is 30.2. The van der Waals surface area contributed by atoms with Crippen LogP contribution < -0.4 is 32.3 Å². The van der Waals surface area contributed by atoms with E-state index in [1.807, 2.05) is 30.3 Å². The average molecular weight is 853 g/mol. The van der Waals surface area contributed by atoms with E-state index in [1.54, 1.807) is 93.6 Å². The van der Waals surface area contributed by atoms with Gasteiger partial charge < -0.3 is 42.0 Å². The second kappa shape index (κ2) is 20.3. The van der Waals surface area contributed by atoms with Crippen LogP contribution in [-0.2, 0) is 9.53 Å². The van der Waals surface area contributed by atoms with Gasteiger partial charge in [0.15, 0.2) is 0 Å². The van der Waals surface area contributed by atoms with Crippen LogP contribution in [0.1, 0.15) is 69.4 Å². The molecular formula is C46H52N12O5. The Labute approximate surface area is 366 Å². The van der Waals surface area contributed by atoms with E-state index in [0.717, 1.165) is 36.2 Å². The van der Waals surface area contributed by atoms with E-state index in [1.165, 1.54) is 4.90 Å². The maximum atomic E-state index is 13.2. The molecule has 7 rings (SSSR count). The number of amides is 6. The predicted octanol–water partition coefficient (Wildman–Crippen LogP) is 7.06. The number of piperidine rings is 2. The number of hydrogen-bond acceptors (Lipinski definition) is 10. The highest BCUT2D eigenvalue weighted by molar-refractivity contribution is 5.99. The van der Waals surface area contributed by atoms with Crippen molar-refractivity contribution in [2.75, 3.05) is 41.8 Å². The minimum atomic E-state index is -0.876. The van der Waals surface area contributed by atoms with Gasteiger partial charge in [0.25, 0.3) is 0 Å². The molecule has 63 heavy (non-hydrogen) atoms. The van der Waals surface area contributed by atoms with Gasteiger partial charge >= 0.3 is 18.2 Å². The van der Waals surface area contributed by atoms with Crippen LogP contribution in [0.2, 0.25) is 0 Å². The predicted molar refractivity (Wildman–Crippen MR) is 240 cm³/mol. The fraction of sp³-hybridized carbons (Fsp3) is 0.326. The van der Waals surface area contributed by atoms with Crippen LogP contribution in [0.3, 0.4) is 0 Å². The Morgan fingerprint density at radius 2 is 1.32 bits per heavy atom. The first kappa shape index (κ1) is 44.9. The van der Waals surface area contributed by atoms with Crippen molar-refractivity contribution >= 4 is 57.8 Å². The van der Waals surface area contributed by atoms with E-state index in [-0.39, 0.29) is 37.1 Å². The van der Waals surface area contributed by atoms with Gasteiger partial charge in [-0.3, -0.25) is 14.6 Å². The molecule has 0 radical (unpaired) electrons. The van der Waals surface area contributed by atoms with Crippen LogP contribution in [0.4, 0.5) is 37.1 Å². The number of fused-ring (bicyclic) bond motifs is 1. The number of nitrogens with zero attached hydrogens (tertiary/aromatic N) is 5. The normalized spacial score (nSPS) is 18.6. The lowest BCUT2D eigenvalue weighted by Gasteiger charge is -2.39. The fourth-order valence-corrected chi connectivity index (χ4v) is 7.34. The molecule has 4 atom stereocenters. The van der Waals surface area contributed by atoms with Crippen molar-refractivity contribution in [1.82, 2.24) is 30.4 Å². The molecule has 5 aromatic rings. The standard InChI is InChI=1S/C25H30N6O4.C21H22N6O/c1-25(2,3)35-24(34)31-13-12-18(29-23(33)28-17-10-8-16(15-26)9-11-17)14-21(31)22(32)30-20-7-5-4-6-19(20)27;1-27-11-10-16(24-21(28)23-15-8-6-14(13-22)7-9-15)12-19(27)20-25-17-4-2-3-5-18(17)26-20/h4-11,18,21H,12-14,27H2,1-3H3,(H,30,32)(H2,28,29,33);2-9,16,19H,10-12H2,1H3,(H,25,26)(H2,23,24,28)/t18-,21-;16-,19-/m11/s1. The van der Waals surface area contributed by atoms with Gasteiger partial charge in [-0.25, -0.2) is 19.4 Å². The summed E-state index contributed by atoms with van der Waals surface area (Å²) in [6, 6.07) is 30.5. The van der Waals surface area contributed by atoms with Crippen LogP contribution in [0.15, 0.2) is 97.1 Å². The van der Waals surface area contributed by atoms with Crippen LogP contribution in [0, 0.1) is 22.7 Å². The quantitative estimate of drug-likeness (QED) is 0.0822. The van der Waals surface area contributed by atoms with Crippen molar-refractivity contribution < 1.29 is 23.9 Å². The van der Waals surface area contributed by atoms with Gasteiger partial charge in [0.05, 0.1) is 51.7 Å². The summed E-state index contributed by atoms with van der Waals surface area (Å²) in [5.74, 6) is 0.510. The van der Waals surface area contributed by atoms with E-state index in [4.69, 9.17) is 26.0 Å². The number of ether oxygens (including phenoxy) is 1. The summed E-state index contributed by atoms with van der Waals surface area (Å²) >= 11 is 0. The monoisotopic (exact) mass is 852 g/mol. The Hall–Kier alpha value is -7.63. The molecular weight excluding hydrogens is 801 g/mol. The number of imidazole rings is 1. The molecule has 2 aliphatic rings. The number of nitrogens with one attached hydrogen (secondary N) is 6. The van der Waals surface area contributed by atoms with Crippen molar-refractivity contribution in [1.29, 1.82) is 10.5 Å². The number of para-hydroxylation sites is 4. The fourth-order valence-electron chi connectivity index (χ4n) is 7.34. The van der Waals surface area contributed by atoms with Crippen molar-refractivity contribution in [2.45, 2.75) is 76.2 Å². The molecule has 1 aromatic heterocycles. The summed E-state index contributed by atoms with van der Waals surface area (Å²) in [5.41, 5.74) is 10.3. The molecule has 326 valence electrons. The van der Waals surface area contributed by atoms with Gasteiger partial charge in [-0.05, 0) is 126 Å². The second-order valence-electron chi connectivity index (χ2n) is 16.4. The zero-order chi connectivity index (χ0) is 45.1. The number of benzene rings is 4. The van der Waals surface area contributed by atoms with E-state index < -0.39 is 29.7 Å². The third-order valence-electron chi connectivity index (χ3n) is 10.6. The number of hydrogen-bond donors (Lipinski definition) is 7. The number of aromatic nitrogens is 2. The molecule has 0 saturated carbocycles. The van der Waals surface area contributed by atoms with Crippen LogP contribution >= 0.6 is 0 Å². The Kier molecular flexibility index (Phi) is 14.5. The maximum Gasteiger partial charge on any atom is 0.410 e. The van der Waals surface area contributed by atoms with Crippen LogP contribution in [-0.4, -0.2) is 87.7 Å². The van der Waals surface area contributed by atoms with Crippen molar-refractivity contribution in [3.8, 4) is 12.1 Å². The number of likely N-dealkylation sites (tertiary alicyclic amines) is 2. The van der Waals surface area contributed by atoms with Gasteiger partial charge in [0.2, 0.25) is 5.91 Å². The minimum Gasteiger partial charge on any atom is -0.444 e. The number of anilines is 4. The Morgan fingerprint density at radius 1 is 0.762 bits per heavy atom. The first-order valence-electron chi connectivity index (χ1n) is 20.6. The lowest BCUT2D eigenvalue weighted by Crippen LogP contribution is -2.57. The lowest BCUT2D eigenvalue weighted by molar-refractivity contribution is -0.122. The first-order valence-corrected chi connectivity index (χ1v) is 20.6. The molecule has 17 nitrogen and oxygen atoms in total. The number of nitriles is 2. The third-order valence-corrected chi connectivity index (χ3v) is 10.6. The third kappa shape index (κ3) is 12.5. The molecule has 2 fully saturated rings. The Balaban J connectivity index is 0.000000214. The number of carbonyl (C=O) groups is 4. The number of carbonyl (C=O) groups excluding carboxylic acids is 4. The number of H-pyrrole nitrogens is 1. The molecule has 0 unspecified atom stereocenters. The van der Waals surface area contributed by atoms with Gasteiger partial charge in [0.1, 0.15) is 17.5 Å². The topological polar surface area (TPSA) is 246 Å². The van der Waals surface area contributed by atoms with Gasteiger partial charge in [-0.2, -0.15) is 10.5 Å².